The van der Waals surface area contributed by atoms with Gasteiger partial charge < -0.3 is 4.74 Å². The van der Waals surface area contributed by atoms with Crippen LogP contribution in [0.1, 0.15) is 12.0 Å². The van der Waals surface area contributed by atoms with Crippen LogP contribution in [-0.4, -0.2) is 16.4 Å². The first kappa shape index (κ1) is 15.0. The Kier molecular flexibility index (Phi) is 3.83. The molecule has 0 aliphatic carbocycles. The van der Waals surface area contributed by atoms with Gasteiger partial charge in [-0.15, -0.1) is 0 Å². The van der Waals surface area contributed by atoms with Gasteiger partial charge in [0.05, 0.1) is 40.2 Å². The third-order valence-corrected chi connectivity index (χ3v) is 4.71. The number of aromatic nitrogens is 2. The van der Waals surface area contributed by atoms with Gasteiger partial charge in [-0.3, -0.25) is 4.68 Å². The van der Waals surface area contributed by atoms with Crippen molar-refractivity contribution >= 4 is 15.9 Å². The van der Waals surface area contributed by atoms with E-state index in [1.807, 2.05) is 47.1 Å². The summed E-state index contributed by atoms with van der Waals surface area (Å²) in [6, 6.07) is 16.3. The fraction of sp³-hybridized carbons (Fsp3) is 0.158. The van der Waals surface area contributed by atoms with Crippen molar-refractivity contribution in [2.24, 2.45) is 0 Å². The lowest BCUT2D eigenvalue weighted by molar-refractivity contribution is 0.295. The van der Waals surface area contributed by atoms with Crippen molar-refractivity contribution in [3.8, 4) is 34.2 Å². The number of nitrogens with zero attached hydrogens (tertiary/aromatic N) is 3. The third kappa shape index (κ3) is 2.49. The molecule has 5 heteroatoms. The maximum absolute atomic E-state index is 9.73. The lowest BCUT2D eigenvalue weighted by atomic mass is 9.96. The Morgan fingerprint density at radius 1 is 1.17 bits per heavy atom. The summed E-state index contributed by atoms with van der Waals surface area (Å²) in [7, 11) is 0. The zero-order chi connectivity index (χ0) is 16.5. The Hall–Kier alpha value is -2.58. The average Bonchev–Trinajstić information content (AvgIpc) is 2.96. The predicted octanol–water partition coefficient (Wildman–Crippen LogP) is 4.63. The normalized spacial score (nSPS) is 13.0. The quantitative estimate of drug-likeness (QED) is 0.618. The second kappa shape index (κ2) is 6.14. The van der Waals surface area contributed by atoms with E-state index in [0.29, 0.717) is 12.2 Å². The van der Waals surface area contributed by atoms with Crippen LogP contribution >= 0.6 is 15.9 Å². The van der Waals surface area contributed by atoms with Crippen molar-refractivity contribution in [2.75, 3.05) is 6.61 Å². The SMILES string of the molecule is N#Cc1cc(-c2ccccc2)cc2c1-c1c(Br)cnn1CCCO2. The first-order chi connectivity index (χ1) is 11.8. The highest BCUT2D eigenvalue weighted by Gasteiger charge is 2.23. The van der Waals surface area contributed by atoms with Crippen molar-refractivity contribution in [1.29, 1.82) is 5.26 Å². The van der Waals surface area contributed by atoms with E-state index >= 15 is 0 Å². The van der Waals surface area contributed by atoms with Crippen LogP contribution < -0.4 is 4.74 Å². The number of hydrogen-bond acceptors (Lipinski definition) is 3. The van der Waals surface area contributed by atoms with Gasteiger partial charge in [0.1, 0.15) is 5.75 Å². The predicted molar refractivity (Wildman–Crippen MR) is 95.6 cm³/mol. The highest BCUT2D eigenvalue weighted by Crippen LogP contribution is 2.41. The number of rotatable bonds is 1. The Balaban J connectivity index is 1.99. The summed E-state index contributed by atoms with van der Waals surface area (Å²) in [5.41, 5.74) is 4.35. The van der Waals surface area contributed by atoms with E-state index in [1.54, 1.807) is 6.20 Å². The molecule has 0 saturated carbocycles. The van der Waals surface area contributed by atoms with Crippen LogP contribution in [-0.2, 0) is 6.54 Å². The molecule has 2 heterocycles. The number of halogens is 1. The zero-order valence-electron chi connectivity index (χ0n) is 12.9. The summed E-state index contributed by atoms with van der Waals surface area (Å²) in [6.07, 6.45) is 2.65. The topological polar surface area (TPSA) is 50.8 Å². The summed E-state index contributed by atoms with van der Waals surface area (Å²) in [5.74, 6) is 0.732. The molecule has 0 unspecified atom stereocenters. The first-order valence-electron chi connectivity index (χ1n) is 7.76. The Bertz CT molecular complexity index is 941. The van der Waals surface area contributed by atoms with Gasteiger partial charge in [-0.1, -0.05) is 30.3 Å². The van der Waals surface area contributed by atoms with E-state index in [2.05, 4.69) is 27.1 Å². The average molecular weight is 380 g/mol. The van der Waals surface area contributed by atoms with Gasteiger partial charge >= 0.3 is 0 Å². The van der Waals surface area contributed by atoms with E-state index in [9.17, 15) is 5.26 Å². The van der Waals surface area contributed by atoms with Gasteiger partial charge in [0.25, 0.3) is 0 Å². The summed E-state index contributed by atoms with van der Waals surface area (Å²) in [4.78, 5) is 0. The zero-order valence-corrected chi connectivity index (χ0v) is 14.5. The van der Waals surface area contributed by atoms with Crippen LogP contribution in [0, 0.1) is 11.3 Å². The van der Waals surface area contributed by atoms with Crippen LogP contribution in [0.5, 0.6) is 5.75 Å². The summed E-state index contributed by atoms with van der Waals surface area (Å²) in [6.45, 7) is 1.37. The first-order valence-corrected chi connectivity index (χ1v) is 8.55. The van der Waals surface area contributed by atoms with Gasteiger partial charge in [0, 0.05) is 13.0 Å². The Morgan fingerprint density at radius 2 is 2.00 bits per heavy atom. The monoisotopic (exact) mass is 379 g/mol. The van der Waals surface area contributed by atoms with E-state index in [4.69, 9.17) is 4.74 Å². The number of hydrogen-bond donors (Lipinski definition) is 0. The fourth-order valence-corrected chi connectivity index (χ4v) is 3.53. The fourth-order valence-electron chi connectivity index (χ4n) is 3.04. The van der Waals surface area contributed by atoms with Crippen molar-refractivity contribution in [2.45, 2.75) is 13.0 Å². The molecule has 1 aliphatic heterocycles. The van der Waals surface area contributed by atoms with Crippen LogP contribution in [0.15, 0.2) is 53.1 Å². The van der Waals surface area contributed by atoms with Gasteiger partial charge in [-0.25, -0.2) is 0 Å². The number of nitriles is 1. The van der Waals surface area contributed by atoms with Gasteiger partial charge in [-0.2, -0.15) is 10.4 Å². The molecule has 1 aliphatic rings. The minimum atomic E-state index is 0.593. The van der Waals surface area contributed by atoms with Crippen LogP contribution in [0.2, 0.25) is 0 Å². The molecule has 0 saturated heterocycles. The number of aryl methyl sites for hydroxylation is 1. The van der Waals surface area contributed by atoms with E-state index < -0.39 is 0 Å². The summed E-state index contributed by atoms with van der Waals surface area (Å²) < 4.78 is 8.81. The molecule has 0 atom stereocenters. The molecule has 0 spiro atoms. The maximum atomic E-state index is 9.73. The molecule has 0 fully saturated rings. The lowest BCUT2D eigenvalue weighted by Crippen LogP contribution is -2.12. The molecule has 4 nitrogen and oxygen atoms in total. The molecule has 0 N–H and O–H groups in total. The maximum Gasteiger partial charge on any atom is 0.130 e. The minimum absolute atomic E-state index is 0.593. The third-order valence-electron chi connectivity index (χ3n) is 4.13. The molecule has 0 radical (unpaired) electrons. The van der Waals surface area contributed by atoms with Crippen LogP contribution in [0.4, 0.5) is 0 Å². The molecule has 4 rings (SSSR count). The van der Waals surface area contributed by atoms with Crippen molar-refractivity contribution in [1.82, 2.24) is 9.78 Å². The van der Waals surface area contributed by atoms with E-state index in [1.165, 1.54) is 0 Å². The molecule has 24 heavy (non-hydrogen) atoms. The molecule has 0 bridgehead atoms. The summed E-state index contributed by atoms with van der Waals surface area (Å²) in [5, 5.41) is 14.1. The Labute approximate surface area is 148 Å². The van der Waals surface area contributed by atoms with Gasteiger partial charge in [0.15, 0.2) is 0 Å². The molecule has 2 aromatic carbocycles. The number of fused-ring (bicyclic) bond motifs is 3. The van der Waals surface area contributed by atoms with Crippen molar-refractivity contribution in [3.63, 3.8) is 0 Å². The molecule has 118 valence electrons. The molecule has 0 amide bonds. The molecular formula is C19H14BrN3O. The van der Waals surface area contributed by atoms with Crippen LogP contribution in [0.25, 0.3) is 22.4 Å². The lowest BCUT2D eigenvalue weighted by Gasteiger charge is -2.19. The molecule has 3 aromatic rings. The minimum Gasteiger partial charge on any atom is -0.493 e. The second-order valence-corrected chi connectivity index (χ2v) is 6.50. The standard InChI is InChI=1S/C19H14BrN3O/c20-16-12-22-23-7-4-8-24-17-10-14(13-5-2-1-3-6-13)9-15(11-21)18(17)19(16)23/h1-3,5-6,9-10,12H,4,7-8H2. The molecule has 1 aromatic heterocycles. The van der Waals surface area contributed by atoms with E-state index in [0.717, 1.165) is 45.6 Å². The second-order valence-electron chi connectivity index (χ2n) is 5.64. The summed E-state index contributed by atoms with van der Waals surface area (Å²) >= 11 is 3.56. The smallest absolute Gasteiger partial charge is 0.130 e. The highest BCUT2D eigenvalue weighted by atomic mass is 79.9. The van der Waals surface area contributed by atoms with Gasteiger partial charge in [-0.05, 0) is 39.2 Å². The van der Waals surface area contributed by atoms with Crippen molar-refractivity contribution < 1.29 is 4.74 Å². The van der Waals surface area contributed by atoms with Gasteiger partial charge in [0.2, 0.25) is 0 Å². The van der Waals surface area contributed by atoms with E-state index in [-0.39, 0.29) is 0 Å². The highest BCUT2D eigenvalue weighted by molar-refractivity contribution is 9.10. The van der Waals surface area contributed by atoms with Crippen LogP contribution in [0.3, 0.4) is 0 Å². The largest absolute Gasteiger partial charge is 0.493 e. The van der Waals surface area contributed by atoms with Crippen molar-refractivity contribution in [3.05, 3.63) is 58.7 Å². The number of benzene rings is 2. The number of ether oxygens (including phenoxy) is 1. The Morgan fingerprint density at radius 3 is 2.79 bits per heavy atom. The molecular weight excluding hydrogens is 366 g/mol.